The second-order valence-electron chi connectivity index (χ2n) is 3.39. The highest BCUT2D eigenvalue weighted by atomic mass is 79.9. The summed E-state index contributed by atoms with van der Waals surface area (Å²) >= 11 is 3.47. The number of hydrogen-bond acceptors (Lipinski definition) is 2. The molecule has 0 radical (unpaired) electrons. The number of hydrogen-bond donors (Lipinski definition) is 0. The fourth-order valence-corrected chi connectivity index (χ4v) is 1.84. The van der Waals surface area contributed by atoms with Crippen molar-refractivity contribution >= 4 is 32.5 Å². The Morgan fingerprint density at radius 3 is 2.71 bits per heavy atom. The molecule has 0 aliphatic carbocycles. The van der Waals surface area contributed by atoms with E-state index in [2.05, 4.69) is 33.0 Å². The molecule has 0 unspecified atom stereocenters. The normalized spacial score (nSPS) is 10.5. The molecule has 2 nitrogen and oxygen atoms in total. The van der Waals surface area contributed by atoms with Crippen LogP contribution in [0.3, 0.4) is 0 Å². The Morgan fingerprint density at radius 2 is 2.00 bits per heavy atom. The smallest absolute Gasteiger partial charge is 0.135 e. The van der Waals surface area contributed by atoms with Crippen molar-refractivity contribution in [3.8, 4) is 0 Å². The van der Waals surface area contributed by atoms with E-state index in [1.165, 1.54) is 10.8 Å². The van der Waals surface area contributed by atoms with E-state index in [1.807, 2.05) is 37.3 Å². The molecule has 14 heavy (non-hydrogen) atoms. The fraction of sp³-hybridized carbons (Fsp3) is 0.182. The minimum Gasteiger partial charge on any atom is -0.362 e. The van der Waals surface area contributed by atoms with Gasteiger partial charge in [-0.05, 0) is 23.6 Å². The Kier molecular flexibility index (Phi) is 2.42. The lowest BCUT2D eigenvalue weighted by molar-refractivity contribution is 1.08. The van der Waals surface area contributed by atoms with Crippen LogP contribution in [0.15, 0.2) is 34.9 Å². The van der Waals surface area contributed by atoms with Gasteiger partial charge in [-0.3, -0.25) is 0 Å². The van der Waals surface area contributed by atoms with Crippen molar-refractivity contribution < 1.29 is 0 Å². The van der Waals surface area contributed by atoms with Gasteiger partial charge < -0.3 is 4.90 Å². The molecule has 0 saturated carbocycles. The molecule has 3 heteroatoms. The van der Waals surface area contributed by atoms with Crippen molar-refractivity contribution in [2.24, 2.45) is 0 Å². The van der Waals surface area contributed by atoms with Gasteiger partial charge in [0.15, 0.2) is 0 Å². The third kappa shape index (κ3) is 1.60. The van der Waals surface area contributed by atoms with Gasteiger partial charge in [0.05, 0.1) is 0 Å². The van der Waals surface area contributed by atoms with Gasteiger partial charge in [-0.1, -0.05) is 22.0 Å². The Bertz CT molecular complexity index is 466. The number of fused-ring (bicyclic) bond motifs is 1. The molecule has 1 heterocycles. The van der Waals surface area contributed by atoms with E-state index in [9.17, 15) is 0 Å². The SMILES string of the molecule is CN(C)c1nccc2ccc(Br)cc12. The molecule has 0 N–H and O–H groups in total. The Morgan fingerprint density at radius 1 is 1.21 bits per heavy atom. The lowest BCUT2D eigenvalue weighted by atomic mass is 10.1. The van der Waals surface area contributed by atoms with E-state index in [0.29, 0.717) is 0 Å². The monoisotopic (exact) mass is 250 g/mol. The van der Waals surface area contributed by atoms with Crippen LogP contribution in [0.25, 0.3) is 10.8 Å². The maximum Gasteiger partial charge on any atom is 0.135 e. The first-order chi connectivity index (χ1) is 6.68. The van der Waals surface area contributed by atoms with Gasteiger partial charge in [0, 0.05) is 30.2 Å². The number of rotatable bonds is 1. The first-order valence-corrected chi connectivity index (χ1v) is 5.19. The summed E-state index contributed by atoms with van der Waals surface area (Å²) in [5.41, 5.74) is 0. The summed E-state index contributed by atoms with van der Waals surface area (Å²) in [7, 11) is 4.01. The van der Waals surface area contributed by atoms with E-state index >= 15 is 0 Å². The number of nitrogens with zero attached hydrogens (tertiary/aromatic N) is 2. The van der Waals surface area contributed by atoms with E-state index in [1.54, 1.807) is 0 Å². The first kappa shape index (κ1) is 9.46. The molecule has 2 rings (SSSR count). The quantitative estimate of drug-likeness (QED) is 0.774. The van der Waals surface area contributed by atoms with Gasteiger partial charge in [-0.2, -0.15) is 0 Å². The highest BCUT2D eigenvalue weighted by molar-refractivity contribution is 9.10. The molecule has 1 aromatic carbocycles. The number of halogens is 1. The molecule has 0 atom stereocenters. The highest BCUT2D eigenvalue weighted by Gasteiger charge is 2.03. The third-order valence-corrected chi connectivity index (χ3v) is 2.62. The Hall–Kier alpha value is -1.09. The maximum absolute atomic E-state index is 4.35. The Balaban J connectivity index is 2.77. The topological polar surface area (TPSA) is 16.1 Å². The van der Waals surface area contributed by atoms with Crippen molar-refractivity contribution in [1.82, 2.24) is 4.98 Å². The molecule has 0 aliphatic rings. The minimum atomic E-state index is 1.00. The molecule has 2 aromatic rings. The second-order valence-corrected chi connectivity index (χ2v) is 4.31. The number of benzene rings is 1. The number of pyridine rings is 1. The van der Waals surface area contributed by atoms with Crippen molar-refractivity contribution in [2.45, 2.75) is 0 Å². The van der Waals surface area contributed by atoms with Crippen LogP contribution in [-0.4, -0.2) is 19.1 Å². The summed E-state index contributed by atoms with van der Waals surface area (Å²) in [6.07, 6.45) is 1.84. The largest absolute Gasteiger partial charge is 0.362 e. The molecule has 0 fully saturated rings. The van der Waals surface area contributed by atoms with Crippen molar-refractivity contribution in [3.63, 3.8) is 0 Å². The van der Waals surface area contributed by atoms with E-state index in [-0.39, 0.29) is 0 Å². The predicted molar refractivity (Wildman–Crippen MR) is 63.8 cm³/mol. The average molecular weight is 251 g/mol. The van der Waals surface area contributed by atoms with Crippen molar-refractivity contribution in [1.29, 1.82) is 0 Å². The number of anilines is 1. The van der Waals surface area contributed by atoms with Crippen LogP contribution >= 0.6 is 15.9 Å². The summed E-state index contributed by atoms with van der Waals surface area (Å²) in [5.74, 6) is 1.00. The maximum atomic E-state index is 4.35. The lowest BCUT2D eigenvalue weighted by Crippen LogP contribution is -2.10. The zero-order chi connectivity index (χ0) is 10.1. The molecule has 0 amide bonds. The molecule has 0 spiro atoms. The van der Waals surface area contributed by atoms with Crippen LogP contribution in [0.5, 0.6) is 0 Å². The Labute approximate surface area is 91.7 Å². The summed E-state index contributed by atoms with van der Waals surface area (Å²) in [4.78, 5) is 6.38. The van der Waals surface area contributed by atoms with Gasteiger partial charge in [0.2, 0.25) is 0 Å². The van der Waals surface area contributed by atoms with Crippen molar-refractivity contribution in [3.05, 3.63) is 34.9 Å². The zero-order valence-electron chi connectivity index (χ0n) is 8.16. The average Bonchev–Trinajstić information content (AvgIpc) is 2.16. The second kappa shape index (κ2) is 3.58. The molecule has 0 aliphatic heterocycles. The molecule has 0 bridgehead atoms. The molecular formula is C11H11BrN2. The molecule has 72 valence electrons. The predicted octanol–water partition coefficient (Wildman–Crippen LogP) is 3.06. The van der Waals surface area contributed by atoms with Gasteiger partial charge in [0.1, 0.15) is 5.82 Å². The summed E-state index contributed by atoms with van der Waals surface area (Å²) < 4.78 is 1.08. The van der Waals surface area contributed by atoms with E-state index in [0.717, 1.165) is 10.3 Å². The third-order valence-electron chi connectivity index (χ3n) is 2.13. The van der Waals surface area contributed by atoms with E-state index < -0.39 is 0 Å². The highest BCUT2D eigenvalue weighted by Crippen LogP contribution is 2.25. The number of aromatic nitrogens is 1. The van der Waals surface area contributed by atoms with Gasteiger partial charge >= 0.3 is 0 Å². The molecule has 0 saturated heterocycles. The van der Waals surface area contributed by atoms with Crippen LogP contribution in [-0.2, 0) is 0 Å². The summed E-state index contributed by atoms with van der Waals surface area (Å²) in [6.45, 7) is 0. The standard InChI is InChI=1S/C11H11BrN2/c1-14(2)11-10-7-9(12)4-3-8(10)5-6-13-11/h3-7H,1-2H3. The fourth-order valence-electron chi connectivity index (χ4n) is 1.48. The van der Waals surface area contributed by atoms with Crippen molar-refractivity contribution in [2.75, 3.05) is 19.0 Å². The van der Waals surface area contributed by atoms with Gasteiger partial charge in [-0.15, -0.1) is 0 Å². The van der Waals surface area contributed by atoms with Crippen LogP contribution in [0.2, 0.25) is 0 Å². The van der Waals surface area contributed by atoms with Crippen LogP contribution in [0, 0.1) is 0 Å². The zero-order valence-corrected chi connectivity index (χ0v) is 9.75. The van der Waals surface area contributed by atoms with Crippen LogP contribution in [0.4, 0.5) is 5.82 Å². The van der Waals surface area contributed by atoms with E-state index in [4.69, 9.17) is 0 Å². The molecule has 1 aromatic heterocycles. The summed E-state index contributed by atoms with van der Waals surface area (Å²) in [6, 6.07) is 8.25. The minimum absolute atomic E-state index is 1.00. The van der Waals surface area contributed by atoms with Gasteiger partial charge in [0.25, 0.3) is 0 Å². The first-order valence-electron chi connectivity index (χ1n) is 4.40. The van der Waals surface area contributed by atoms with Crippen LogP contribution < -0.4 is 4.90 Å². The molecular weight excluding hydrogens is 240 g/mol. The summed E-state index contributed by atoms with van der Waals surface area (Å²) in [5, 5.41) is 2.39. The lowest BCUT2D eigenvalue weighted by Gasteiger charge is -2.13. The van der Waals surface area contributed by atoms with Crippen LogP contribution in [0.1, 0.15) is 0 Å². The van der Waals surface area contributed by atoms with Gasteiger partial charge in [-0.25, -0.2) is 4.98 Å².